The Hall–Kier alpha value is -4.51. The molecule has 0 radical (unpaired) electrons. The number of nitrogens with one attached hydrogen (secondary N) is 1. The summed E-state index contributed by atoms with van der Waals surface area (Å²) in [5.74, 6) is -1.19. The highest BCUT2D eigenvalue weighted by Crippen LogP contribution is 2.33. The zero-order valence-electron chi connectivity index (χ0n) is 22.3. The van der Waals surface area contributed by atoms with E-state index in [1.807, 2.05) is 38.1 Å². The van der Waals surface area contributed by atoms with E-state index in [4.69, 9.17) is 9.47 Å². The molecule has 4 aromatic rings. The lowest BCUT2D eigenvalue weighted by Gasteiger charge is -2.17. The van der Waals surface area contributed by atoms with Crippen molar-refractivity contribution in [1.29, 1.82) is 0 Å². The van der Waals surface area contributed by atoms with Crippen LogP contribution in [0, 0.1) is 12.8 Å². The number of esters is 1. The lowest BCUT2D eigenvalue weighted by atomic mass is 10.1. The Morgan fingerprint density at radius 3 is 2.40 bits per heavy atom. The molecule has 1 fully saturated rings. The van der Waals surface area contributed by atoms with Crippen molar-refractivity contribution in [2.24, 2.45) is 5.92 Å². The van der Waals surface area contributed by atoms with Crippen molar-refractivity contribution in [3.05, 3.63) is 75.5 Å². The number of aryl methyl sites for hydroxylation is 1. The molecule has 0 bridgehead atoms. The number of benzene rings is 2. The number of carbonyl (C=O) groups is 3. The fraction of sp³-hybridized carbons (Fsp3) is 0.276. The second kappa shape index (κ2) is 11.3. The number of hydrogen-bond donors (Lipinski definition) is 1. The molecule has 1 unspecified atom stereocenters. The Morgan fingerprint density at radius 1 is 1.02 bits per heavy atom. The summed E-state index contributed by atoms with van der Waals surface area (Å²) in [5, 5.41) is 9.48. The molecule has 1 atom stereocenters. The molecular weight excluding hydrogens is 532 g/mol. The number of rotatable bonds is 8. The lowest BCUT2D eigenvalue weighted by Crippen LogP contribution is -2.29. The summed E-state index contributed by atoms with van der Waals surface area (Å²) >= 11 is 1.11. The Morgan fingerprint density at radius 2 is 1.73 bits per heavy atom. The van der Waals surface area contributed by atoms with E-state index in [1.165, 1.54) is 0 Å². The van der Waals surface area contributed by atoms with E-state index in [0.717, 1.165) is 27.3 Å². The zero-order chi connectivity index (χ0) is 28.4. The van der Waals surface area contributed by atoms with Gasteiger partial charge in [0.2, 0.25) is 11.8 Å². The van der Waals surface area contributed by atoms with Crippen molar-refractivity contribution in [1.82, 2.24) is 9.78 Å². The molecule has 206 valence electrons. The number of fused-ring (bicyclic) bond motifs is 1. The van der Waals surface area contributed by atoms with Crippen LogP contribution in [0.3, 0.4) is 0 Å². The van der Waals surface area contributed by atoms with E-state index in [9.17, 15) is 19.2 Å². The fourth-order valence-electron chi connectivity index (χ4n) is 4.59. The topological polar surface area (TPSA) is 120 Å². The second-order valence-electron chi connectivity index (χ2n) is 9.30. The number of aromatic nitrogens is 2. The molecule has 0 spiro atoms. The van der Waals surface area contributed by atoms with Crippen molar-refractivity contribution in [2.75, 3.05) is 30.0 Å². The maximum atomic E-state index is 13.7. The maximum Gasteiger partial charge on any atom is 0.359 e. The maximum absolute atomic E-state index is 13.7. The minimum Gasteiger partial charge on any atom is -0.494 e. The molecule has 1 saturated heterocycles. The number of anilines is 2. The van der Waals surface area contributed by atoms with Gasteiger partial charge < -0.3 is 19.7 Å². The summed E-state index contributed by atoms with van der Waals surface area (Å²) in [4.78, 5) is 54.1. The summed E-state index contributed by atoms with van der Waals surface area (Å²) in [6.07, 6.45) is 0.0507. The van der Waals surface area contributed by atoms with Crippen LogP contribution in [0.1, 0.15) is 36.3 Å². The van der Waals surface area contributed by atoms with E-state index < -0.39 is 17.4 Å². The van der Waals surface area contributed by atoms with E-state index in [1.54, 1.807) is 41.5 Å². The van der Waals surface area contributed by atoms with Crippen LogP contribution < -0.4 is 20.5 Å². The SMILES string of the molecule is CCOC(=O)c1nn(-c2ccc(OCC)cc2)c(=O)c2c(NC(=O)C3CC(=O)N(c4ccc(C)cc4)C3)scc12. The largest absolute Gasteiger partial charge is 0.494 e. The van der Waals surface area contributed by atoms with Crippen LogP contribution in [0.25, 0.3) is 16.5 Å². The average molecular weight is 561 g/mol. The predicted octanol–water partition coefficient (Wildman–Crippen LogP) is 4.32. The first-order chi connectivity index (χ1) is 19.3. The van der Waals surface area contributed by atoms with Gasteiger partial charge in [0.25, 0.3) is 5.56 Å². The van der Waals surface area contributed by atoms with Gasteiger partial charge in [0.15, 0.2) is 5.69 Å². The molecular formula is C29H28N4O6S. The van der Waals surface area contributed by atoms with Crippen LogP contribution in [-0.4, -0.2) is 47.3 Å². The third kappa shape index (κ3) is 5.20. The van der Waals surface area contributed by atoms with Gasteiger partial charge in [-0.1, -0.05) is 17.7 Å². The Bertz CT molecular complexity index is 1640. The van der Waals surface area contributed by atoms with Crippen LogP contribution >= 0.6 is 11.3 Å². The Kier molecular flexibility index (Phi) is 7.65. The second-order valence-corrected chi connectivity index (χ2v) is 10.2. The van der Waals surface area contributed by atoms with Crippen molar-refractivity contribution in [3.8, 4) is 11.4 Å². The molecule has 0 aliphatic carbocycles. The van der Waals surface area contributed by atoms with Gasteiger partial charge >= 0.3 is 5.97 Å². The van der Waals surface area contributed by atoms with Gasteiger partial charge in [-0.05, 0) is 57.2 Å². The Balaban J connectivity index is 1.49. The van der Waals surface area contributed by atoms with Crippen molar-refractivity contribution < 1.29 is 23.9 Å². The number of ether oxygens (including phenoxy) is 2. The van der Waals surface area contributed by atoms with E-state index in [0.29, 0.717) is 18.0 Å². The molecule has 5 rings (SSSR count). The number of amides is 2. The Labute approximate surface area is 234 Å². The highest BCUT2D eigenvalue weighted by atomic mass is 32.1. The van der Waals surface area contributed by atoms with E-state index in [2.05, 4.69) is 10.4 Å². The number of thiophene rings is 1. The minimum absolute atomic E-state index is 0.0383. The standard InChI is InChI=1S/C29H28N4O6S/c1-4-38-21-12-10-20(11-13-21)33-28(36)24-22(25(31-33)29(37)39-5-2)16-40-27(24)30-26(35)18-14-23(34)32(15-18)19-8-6-17(3)7-9-19/h6-13,16,18H,4-5,14-15H2,1-3H3,(H,30,35). The molecule has 0 saturated carbocycles. The molecule has 2 aromatic carbocycles. The van der Waals surface area contributed by atoms with Gasteiger partial charge in [0.1, 0.15) is 10.8 Å². The molecule has 11 heteroatoms. The third-order valence-corrected chi connectivity index (χ3v) is 7.49. The zero-order valence-corrected chi connectivity index (χ0v) is 23.1. The molecule has 1 N–H and O–H groups in total. The van der Waals surface area contributed by atoms with Gasteiger partial charge in [-0.15, -0.1) is 11.3 Å². The van der Waals surface area contributed by atoms with Crippen molar-refractivity contribution >= 4 is 50.6 Å². The normalized spacial score (nSPS) is 14.9. The number of nitrogens with zero attached hydrogens (tertiary/aromatic N) is 3. The lowest BCUT2D eigenvalue weighted by molar-refractivity contribution is -0.122. The number of hydrogen-bond acceptors (Lipinski definition) is 8. The van der Waals surface area contributed by atoms with Gasteiger partial charge in [-0.2, -0.15) is 9.78 Å². The minimum atomic E-state index is -0.682. The van der Waals surface area contributed by atoms with Crippen molar-refractivity contribution in [3.63, 3.8) is 0 Å². The molecule has 1 aliphatic rings. The monoisotopic (exact) mass is 560 g/mol. The smallest absolute Gasteiger partial charge is 0.359 e. The summed E-state index contributed by atoms with van der Waals surface area (Å²) in [6.45, 7) is 6.36. The third-order valence-electron chi connectivity index (χ3n) is 6.59. The van der Waals surface area contributed by atoms with Crippen molar-refractivity contribution in [2.45, 2.75) is 27.2 Å². The first-order valence-electron chi connectivity index (χ1n) is 12.9. The molecule has 2 amide bonds. The molecule has 40 heavy (non-hydrogen) atoms. The highest BCUT2D eigenvalue weighted by Gasteiger charge is 2.36. The van der Waals surface area contributed by atoms with Crippen LogP contribution in [0.5, 0.6) is 5.75 Å². The van der Waals surface area contributed by atoms with Gasteiger partial charge in [0, 0.05) is 29.4 Å². The van der Waals surface area contributed by atoms with Crippen LogP contribution in [0.2, 0.25) is 0 Å². The van der Waals surface area contributed by atoms with Gasteiger partial charge in [-0.3, -0.25) is 14.4 Å². The van der Waals surface area contributed by atoms with Gasteiger partial charge in [-0.25, -0.2) is 4.79 Å². The van der Waals surface area contributed by atoms with E-state index >= 15 is 0 Å². The quantitative estimate of drug-likeness (QED) is 0.319. The number of carbonyl (C=O) groups excluding carboxylic acids is 3. The van der Waals surface area contributed by atoms with Crippen LogP contribution in [0.15, 0.2) is 58.7 Å². The first-order valence-corrected chi connectivity index (χ1v) is 13.8. The molecule has 2 aromatic heterocycles. The molecule has 10 nitrogen and oxygen atoms in total. The van der Waals surface area contributed by atoms with Crippen LogP contribution in [0.4, 0.5) is 10.7 Å². The summed E-state index contributed by atoms with van der Waals surface area (Å²) in [5.41, 5.74) is 1.67. The highest BCUT2D eigenvalue weighted by molar-refractivity contribution is 7.16. The first kappa shape index (κ1) is 27.1. The fourth-order valence-corrected chi connectivity index (χ4v) is 5.53. The summed E-state index contributed by atoms with van der Waals surface area (Å²) in [6, 6.07) is 14.3. The predicted molar refractivity (Wildman–Crippen MR) is 153 cm³/mol. The summed E-state index contributed by atoms with van der Waals surface area (Å²) < 4.78 is 11.8. The van der Waals surface area contributed by atoms with E-state index in [-0.39, 0.29) is 52.9 Å². The average Bonchev–Trinajstić information content (AvgIpc) is 3.54. The molecule has 1 aliphatic heterocycles. The van der Waals surface area contributed by atoms with Gasteiger partial charge in [0.05, 0.1) is 30.2 Å². The van der Waals surface area contributed by atoms with Crippen LogP contribution in [-0.2, 0) is 14.3 Å². The molecule has 3 heterocycles. The summed E-state index contributed by atoms with van der Waals surface area (Å²) in [7, 11) is 0.